The molecule has 0 aromatic heterocycles. The van der Waals surface area contributed by atoms with Gasteiger partial charge in [-0.1, -0.05) is 38.5 Å². The fourth-order valence-corrected chi connectivity index (χ4v) is 3.79. The lowest BCUT2D eigenvalue weighted by atomic mass is 9.85. The molecule has 8 heteroatoms. The van der Waals surface area contributed by atoms with E-state index >= 15 is 0 Å². The van der Waals surface area contributed by atoms with Crippen molar-refractivity contribution < 1.29 is 23.9 Å². The van der Waals surface area contributed by atoms with Crippen molar-refractivity contribution in [1.82, 2.24) is 15.5 Å². The van der Waals surface area contributed by atoms with Gasteiger partial charge in [-0.05, 0) is 57.6 Å². The van der Waals surface area contributed by atoms with Crippen molar-refractivity contribution in [2.45, 2.75) is 84.8 Å². The van der Waals surface area contributed by atoms with E-state index in [1.165, 1.54) is 0 Å². The average molecular weight is 476 g/mol. The molecule has 3 amide bonds. The van der Waals surface area contributed by atoms with Crippen LogP contribution in [0.5, 0.6) is 5.75 Å². The molecule has 1 aromatic rings. The fourth-order valence-electron chi connectivity index (χ4n) is 3.79. The van der Waals surface area contributed by atoms with Crippen molar-refractivity contribution in [2.24, 2.45) is 0 Å². The predicted octanol–water partition coefficient (Wildman–Crippen LogP) is 3.69. The molecule has 0 atom stereocenters. The van der Waals surface area contributed by atoms with Crippen LogP contribution >= 0.6 is 0 Å². The molecule has 1 saturated heterocycles. The molecular formula is C26H41N3O5. The zero-order chi connectivity index (χ0) is 25.5. The van der Waals surface area contributed by atoms with E-state index in [1.54, 1.807) is 25.7 Å². The molecule has 190 valence electrons. The van der Waals surface area contributed by atoms with Gasteiger partial charge >= 0.3 is 6.09 Å². The van der Waals surface area contributed by atoms with Crippen molar-refractivity contribution in [2.75, 3.05) is 26.2 Å². The minimum absolute atomic E-state index is 0.0140. The van der Waals surface area contributed by atoms with Gasteiger partial charge in [-0.2, -0.15) is 0 Å². The number of hydrogen-bond donors (Lipinski definition) is 2. The lowest BCUT2D eigenvalue weighted by molar-refractivity contribution is -0.132. The Morgan fingerprint density at radius 3 is 2.29 bits per heavy atom. The first-order chi connectivity index (χ1) is 15.7. The molecular weight excluding hydrogens is 434 g/mol. The topological polar surface area (TPSA) is 97.0 Å². The Kier molecular flexibility index (Phi) is 9.36. The quantitative estimate of drug-likeness (QED) is 0.627. The molecule has 34 heavy (non-hydrogen) atoms. The minimum atomic E-state index is -0.569. The van der Waals surface area contributed by atoms with E-state index in [9.17, 15) is 14.4 Å². The van der Waals surface area contributed by atoms with Gasteiger partial charge in [0.25, 0.3) is 5.91 Å². The molecule has 0 bridgehead atoms. The second kappa shape index (κ2) is 11.6. The van der Waals surface area contributed by atoms with Crippen LogP contribution in [0.25, 0.3) is 0 Å². The van der Waals surface area contributed by atoms with Crippen LogP contribution in [-0.4, -0.2) is 60.7 Å². The van der Waals surface area contributed by atoms with Gasteiger partial charge in [0.2, 0.25) is 5.91 Å². The first kappa shape index (κ1) is 27.5. The number of benzene rings is 1. The number of amides is 3. The fraction of sp³-hybridized carbons (Fsp3) is 0.654. The Morgan fingerprint density at radius 1 is 1.06 bits per heavy atom. The smallest absolute Gasteiger partial charge is 0.407 e. The van der Waals surface area contributed by atoms with E-state index in [1.807, 2.05) is 19.1 Å². The number of piperidine rings is 1. The molecule has 1 fully saturated rings. The second-order valence-electron chi connectivity index (χ2n) is 10.9. The van der Waals surface area contributed by atoms with Crippen molar-refractivity contribution in [3.8, 4) is 5.75 Å². The highest BCUT2D eigenvalue weighted by Crippen LogP contribution is 2.32. The number of likely N-dealkylation sites (tertiary alicyclic amines) is 1. The van der Waals surface area contributed by atoms with Crippen LogP contribution in [0.1, 0.15) is 71.9 Å². The maximum atomic E-state index is 12.5. The SMILES string of the molecule is Cc1ccc(OCC(=O)NC2CCN(C(=O)CCNC(=O)OC(C)(C)C)CC2)c(C(C)(C)C)c1. The summed E-state index contributed by atoms with van der Waals surface area (Å²) in [6.45, 7) is 15.1. The zero-order valence-electron chi connectivity index (χ0n) is 21.7. The molecule has 0 radical (unpaired) electrons. The van der Waals surface area contributed by atoms with E-state index < -0.39 is 11.7 Å². The number of hydrogen-bond acceptors (Lipinski definition) is 5. The third kappa shape index (κ3) is 9.23. The van der Waals surface area contributed by atoms with Crippen molar-refractivity contribution in [3.05, 3.63) is 29.3 Å². The summed E-state index contributed by atoms with van der Waals surface area (Å²) in [7, 11) is 0. The van der Waals surface area contributed by atoms with Crippen LogP contribution < -0.4 is 15.4 Å². The standard InChI is InChI=1S/C26H41N3O5/c1-18-8-9-21(20(16-18)25(2,3)4)33-17-22(30)28-19-11-14-29(15-12-19)23(31)10-13-27-24(32)34-26(5,6)7/h8-9,16,19H,10-15,17H2,1-7H3,(H,27,32)(H,28,30). The van der Waals surface area contributed by atoms with Gasteiger partial charge in [0.05, 0.1) is 0 Å². The molecule has 1 aliphatic rings. The van der Waals surface area contributed by atoms with Crippen LogP contribution in [-0.2, 0) is 19.7 Å². The first-order valence-electron chi connectivity index (χ1n) is 12.0. The third-order valence-electron chi connectivity index (χ3n) is 5.52. The Labute approximate surface area is 203 Å². The average Bonchev–Trinajstić information content (AvgIpc) is 2.71. The Balaban J connectivity index is 1.72. The Morgan fingerprint density at radius 2 is 1.71 bits per heavy atom. The molecule has 2 N–H and O–H groups in total. The van der Waals surface area contributed by atoms with Gasteiger partial charge in [-0.3, -0.25) is 9.59 Å². The van der Waals surface area contributed by atoms with Gasteiger partial charge in [-0.25, -0.2) is 4.79 Å². The maximum Gasteiger partial charge on any atom is 0.407 e. The highest BCUT2D eigenvalue weighted by atomic mass is 16.6. The number of alkyl carbamates (subject to hydrolysis) is 1. The first-order valence-corrected chi connectivity index (χ1v) is 12.0. The van der Waals surface area contributed by atoms with Crippen LogP contribution in [0.4, 0.5) is 4.79 Å². The molecule has 0 aliphatic carbocycles. The van der Waals surface area contributed by atoms with Gasteiger partial charge in [0.1, 0.15) is 11.4 Å². The van der Waals surface area contributed by atoms with Crippen molar-refractivity contribution in [1.29, 1.82) is 0 Å². The number of nitrogens with zero attached hydrogens (tertiary/aromatic N) is 1. The monoisotopic (exact) mass is 475 g/mol. The Hall–Kier alpha value is -2.77. The van der Waals surface area contributed by atoms with Gasteiger partial charge < -0.3 is 25.0 Å². The molecule has 1 aliphatic heterocycles. The number of rotatable bonds is 7. The van der Waals surface area contributed by atoms with E-state index in [4.69, 9.17) is 9.47 Å². The summed E-state index contributed by atoms with van der Waals surface area (Å²) in [6.07, 6.45) is 1.07. The predicted molar refractivity (Wildman–Crippen MR) is 132 cm³/mol. The van der Waals surface area contributed by atoms with E-state index in [0.717, 1.165) is 16.9 Å². The largest absolute Gasteiger partial charge is 0.483 e. The van der Waals surface area contributed by atoms with Gasteiger partial charge in [0.15, 0.2) is 6.61 Å². The van der Waals surface area contributed by atoms with Crippen LogP contribution in [0.2, 0.25) is 0 Å². The summed E-state index contributed by atoms with van der Waals surface area (Å²) >= 11 is 0. The normalized spacial score (nSPS) is 15.0. The summed E-state index contributed by atoms with van der Waals surface area (Å²) < 4.78 is 11.0. The van der Waals surface area contributed by atoms with E-state index in [-0.39, 0.29) is 42.8 Å². The summed E-state index contributed by atoms with van der Waals surface area (Å²) in [5.41, 5.74) is 1.58. The lowest BCUT2D eigenvalue weighted by Crippen LogP contribution is -2.48. The summed E-state index contributed by atoms with van der Waals surface area (Å²) in [5.74, 6) is 0.554. The molecule has 2 rings (SSSR count). The summed E-state index contributed by atoms with van der Waals surface area (Å²) in [6, 6.07) is 6.02. The molecule has 0 saturated carbocycles. The van der Waals surface area contributed by atoms with Crippen LogP contribution in [0, 0.1) is 6.92 Å². The minimum Gasteiger partial charge on any atom is -0.483 e. The Bertz CT molecular complexity index is 862. The van der Waals surface area contributed by atoms with Crippen LogP contribution in [0.3, 0.4) is 0 Å². The van der Waals surface area contributed by atoms with Crippen molar-refractivity contribution in [3.63, 3.8) is 0 Å². The van der Waals surface area contributed by atoms with Gasteiger partial charge in [0, 0.05) is 32.1 Å². The number of carbonyl (C=O) groups is 3. The van der Waals surface area contributed by atoms with Crippen LogP contribution in [0.15, 0.2) is 18.2 Å². The molecule has 1 aromatic carbocycles. The number of nitrogens with one attached hydrogen (secondary N) is 2. The lowest BCUT2D eigenvalue weighted by Gasteiger charge is -2.32. The highest BCUT2D eigenvalue weighted by Gasteiger charge is 2.25. The van der Waals surface area contributed by atoms with E-state index in [0.29, 0.717) is 25.9 Å². The van der Waals surface area contributed by atoms with Crippen molar-refractivity contribution >= 4 is 17.9 Å². The third-order valence-corrected chi connectivity index (χ3v) is 5.52. The van der Waals surface area contributed by atoms with E-state index in [2.05, 4.69) is 37.5 Å². The number of aryl methyl sites for hydroxylation is 1. The molecule has 8 nitrogen and oxygen atoms in total. The highest BCUT2D eigenvalue weighted by molar-refractivity contribution is 5.78. The maximum absolute atomic E-state index is 12.5. The van der Waals surface area contributed by atoms with Gasteiger partial charge in [-0.15, -0.1) is 0 Å². The summed E-state index contributed by atoms with van der Waals surface area (Å²) in [5, 5.41) is 5.63. The molecule has 0 spiro atoms. The zero-order valence-corrected chi connectivity index (χ0v) is 21.7. The number of ether oxygens (including phenoxy) is 2. The number of carbonyl (C=O) groups excluding carboxylic acids is 3. The second-order valence-corrected chi connectivity index (χ2v) is 10.9. The summed E-state index contributed by atoms with van der Waals surface area (Å²) in [4.78, 5) is 38.3. The molecule has 0 unspecified atom stereocenters. The molecule has 1 heterocycles.